The monoisotopic (exact) mass is 291 g/mol. The van der Waals surface area contributed by atoms with E-state index in [4.69, 9.17) is 0 Å². The minimum atomic E-state index is -0.695. The van der Waals surface area contributed by atoms with Gasteiger partial charge in [0.2, 0.25) is 5.91 Å². The Morgan fingerprint density at radius 1 is 1.65 bits per heavy atom. The molecule has 108 valence electrons. The molecule has 0 spiro atoms. The molecule has 1 atom stereocenters. The van der Waals surface area contributed by atoms with Gasteiger partial charge >= 0.3 is 0 Å². The fourth-order valence-electron chi connectivity index (χ4n) is 2.32. The summed E-state index contributed by atoms with van der Waals surface area (Å²) in [6.07, 6.45) is 2.08. The van der Waals surface area contributed by atoms with Crippen molar-refractivity contribution >= 4 is 17.2 Å². The summed E-state index contributed by atoms with van der Waals surface area (Å²) in [4.78, 5) is 15.5. The van der Waals surface area contributed by atoms with Crippen LogP contribution in [-0.4, -0.2) is 29.4 Å². The summed E-state index contributed by atoms with van der Waals surface area (Å²) in [6, 6.07) is 6.36. The number of hydrogen-bond donors (Lipinski definition) is 1. The maximum Gasteiger partial charge on any atom is 0.235 e. The molecule has 0 radical (unpaired) electrons. The highest BCUT2D eigenvalue weighted by Gasteiger charge is 2.43. The van der Waals surface area contributed by atoms with Gasteiger partial charge in [-0.05, 0) is 43.7 Å². The van der Waals surface area contributed by atoms with Crippen molar-refractivity contribution in [3.05, 3.63) is 22.4 Å². The van der Waals surface area contributed by atoms with Crippen LogP contribution >= 0.6 is 11.3 Å². The summed E-state index contributed by atoms with van der Waals surface area (Å²) in [6.45, 7) is 5.83. The lowest BCUT2D eigenvalue weighted by atomic mass is 9.98. The molecule has 1 N–H and O–H groups in total. The third-order valence-corrected chi connectivity index (χ3v) is 4.66. The molecule has 1 unspecified atom stereocenters. The molecule has 1 aromatic heterocycles. The van der Waals surface area contributed by atoms with Gasteiger partial charge in [-0.3, -0.25) is 9.69 Å². The SMILES string of the molecule is CCN(CC(=O)NC(C)(C#N)C1CC1)Cc1cccs1. The molecule has 1 aromatic rings. The third-order valence-electron chi connectivity index (χ3n) is 3.80. The second-order valence-electron chi connectivity index (χ2n) is 5.52. The quantitative estimate of drug-likeness (QED) is 0.839. The Labute approximate surface area is 124 Å². The summed E-state index contributed by atoms with van der Waals surface area (Å²) in [5.41, 5.74) is -0.695. The summed E-state index contributed by atoms with van der Waals surface area (Å²) in [5.74, 6) is 0.267. The number of amides is 1. The van der Waals surface area contributed by atoms with Crippen molar-refractivity contribution in [1.82, 2.24) is 10.2 Å². The van der Waals surface area contributed by atoms with Crippen molar-refractivity contribution in [3.63, 3.8) is 0 Å². The Balaban J connectivity index is 1.87. The molecule has 0 aliphatic heterocycles. The zero-order valence-corrected chi connectivity index (χ0v) is 12.9. The van der Waals surface area contributed by atoms with Gasteiger partial charge in [0, 0.05) is 11.4 Å². The van der Waals surface area contributed by atoms with Gasteiger partial charge < -0.3 is 5.32 Å². The van der Waals surface area contributed by atoms with E-state index in [-0.39, 0.29) is 5.91 Å². The number of thiophene rings is 1. The van der Waals surface area contributed by atoms with Gasteiger partial charge in [-0.15, -0.1) is 11.3 Å². The Bertz CT molecular complexity index is 490. The minimum Gasteiger partial charge on any atom is -0.337 e. The van der Waals surface area contributed by atoms with Crippen LogP contribution in [0.3, 0.4) is 0 Å². The minimum absolute atomic E-state index is 0.0562. The van der Waals surface area contributed by atoms with Crippen LogP contribution in [0.1, 0.15) is 31.6 Å². The molecule has 0 aromatic carbocycles. The maximum absolute atomic E-state index is 12.1. The molecule has 1 amide bonds. The van der Waals surface area contributed by atoms with Gasteiger partial charge in [-0.1, -0.05) is 13.0 Å². The summed E-state index contributed by atoms with van der Waals surface area (Å²) < 4.78 is 0. The number of hydrogen-bond acceptors (Lipinski definition) is 4. The Morgan fingerprint density at radius 3 is 2.90 bits per heavy atom. The van der Waals surface area contributed by atoms with Gasteiger partial charge in [-0.25, -0.2) is 0 Å². The molecule has 4 nitrogen and oxygen atoms in total. The molecular formula is C15H21N3OS. The number of nitrogens with zero attached hydrogens (tertiary/aromatic N) is 2. The molecule has 5 heteroatoms. The van der Waals surface area contributed by atoms with Crippen LogP contribution in [0.15, 0.2) is 17.5 Å². The number of nitrogens with one attached hydrogen (secondary N) is 1. The van der Waals surface area contributed by atoms with Crippen LogP contribution in [0.25, 0.3) is 0 Å². The normalized spacial score (nSPS) is 17.5. The molecule has 20 heavy (non-hydrogen) atoms. The predicted octanol–water partition coefficient (Wildman–Crippen LogP) is 2.38. The van der Waals surface area contributed by atoms with E-state index in [9.17, 15) is 10.1 Å². The first-order valence-electron chi connectivity index (χ1n) is 7.04. The fraction of sp³-hybridized carbons (Fsp3) is 0.600. The van der Waals surface area contributed by atoms with E-state index in [1.54, 1.807) is 11.3 Å². The van der Waals surface area contributed by atoms with E-state index in [0.29, 0.717) is 12.5 Å². The largest absolute Gasteiger partial charge is 0.337 e. The smallest absolute Gasteiger partial charge is 0.235 e. The zero-order valence-electron chi connectivity index (χ0n) is 12.1. The highest BCUT2D eigenvalue weighted by Crippen LogP contribution is 2.39. The number of nitriles is 1. The third kappa shape index (κ3) is 3.81. The van der Waals surface area contributed by atoms with Crippen LogP contribution in [0, 0.1) is 17.2 Å². The molecule has 1 heterocycles. The number of carbonyl (C=O) groups is 1. The molecule has 0 saturated heterocycles. The van der Waals surface area contributed by atoms with Crippen LogP contribution in [0.4, 0.5) is 0 Å². The average Bonchev–Trinajstić information content (AvgIpc) is 3.17. The van der Waals surface area contributed by atoms with Crippen LogP contribution in [0.2, 0.25) is 0 Å². The molecule has 1 saturated carbocycles. The van der Waals surface area contributed by atoms with E-state index in [0.717, 1.165) is 25.9 Å². The first-order valence-corrected chi connectivity index (χ1v) is 7.92. The summed E-state index contributed by atoms with van der Waals surface area (Å²) in [5, 5.41) is 14.2. The zero-order chi connectivity index (χ0) is 14.6. The topological polar surface area (TPSA) is 56.1 Å². The van der Waals surface area contributed by atoms with Crippen molar-refractivity contribution in [2.24, 2.45) is 5.92 Å². The van der Waals surface area contributed by atoms with E-state index in [1.165, 1.54) is 4.88 Å². The Hall–Kier alpha value is -1.38. The van der Waals surface area contributed by atoms with Gasteiger partial charge in [-0.2, -0.15) is 5.26 Å². The number of rotatable bonds is 7. The molecule has 0 bridgehead atoms. The van der Waals surface area contributed by atoms with Crippen LogP contribution in [-0.2, 0) is 11.3 Å². The molecule has 1 fully saturated rings. The number of carbonyl (C=O) groups excluding carboxylic acids is 1. The standard InChI is InChI=1S/C15H21N3OS/c1-3-18(9-13-5-4-8-20-13)10-14(19)17-15(2,11-16)12-6-7-12/h4-5,8,12H,3,6-7,9-10H2,1-2H3,(H,17,19). The highest BCUT2D eigenvalue weighted by atomic mass is 32.1. The molecule has 2 rings (SSSR count). The van der Waals surface area contributed by atoms with Crippen molar-refractivity contribution < 1.29 is 4.79 Å². The average molecular weight is 291 g/mol. The van der Waals surface area contributed by atoms with E-state index in [1.807, 2.05) is 25.3 Å². The lowest BCUT2D eigenvalue weighted by molar-refractivity contribution is -0.123. The lowest BCUT2D eigenvalue weighted by Gasteiger charge is -2.25. The molecule has 1 aliphatic carbocycles. The number of likely N-dealkylation sites (N-methyl/N-ethyl adjacent to an activating group) is 1. The maximum atomic E-state index is 12.1. The fourth-order valence-corrected chi connectivity index (χ4v) is 3.06. The summed E-state index contributed by atoms with van der Waals surface area (Å²) >= 11 is 1.70. The van der Waals surface area contributed by atoms with Crippen molar-refractivity contribution in [2.45, 2.75) is 38.8 Å². The van der Waals surface area contributed by atoms with Crippen LogP contribution < -0.4 is 5.32 Å². The lowest BCUT2D eigenvalue weighted by Crippen LogP contribution is -2.50. The first-order chi connectivity index (χ1) is 9.57. The summed E-state index contributed by atoms with van der Waals surface area (Å²) in [7, 11) is 0. The highest BCUT2D eigenvalue weighted by molar-refractivity contribution is 7.09. The van der Waals surface area contributed by atoms with Gasteiger partial charge in [0.25, 0.3) is 0 Å². The van der Waals surface area contributed by atoms with Crippen LogP contribution in [0.5, 0.6) is 0 Å². The van der Waals surface area contributed by atoms with E-state index in [2.05, 4.69) is 22.4 Å². The molecule has 1 aliphatic rings. The van der Waals surface area contributed by atoms with Crippen molar-refractivity contribution in [3.8, 4) is 6.07 Å². The Morgan fingerprint density at radius 2 is 2.40 bits per heavy atom. The van der Waals surface area contributed by atoms with Gasteiger partial charge in [0.1, 0.15) is 5.54 Å². The van der Waals surface area contributed by atoms with Crippen molar-refractivity contribution in [2.75, 3.05) is 13.1 Å². The van der Waals surface area contributed by atoms with E-state index < -0.39 is 5.54 Å². The second-order valence-corrected chi connectivity index (χ2v) is 6.55. The van der Waals surface area contributed by atoms with Gasteiger partial charge in [0.15, 0.2) is 0 Å². The van der Waals surface area contributed by atoms with Crippen molar-refractivity contribution in [1.29, 1.82) is 5.26 Å². The van der Waals surface area contributed by atoms with E-state index >= 15 is 0 Å². The first kappa shape index (κ1) is 15.0. The second kappa shape index (κ2) is 6.38. The van der Waals surface area contributed by atoms with Gasteiger partial charge in [0.05, 0.1) is 12.6 Å². The predicted molar refractivity (Wildman–Crippen MR) is 80.2 cm³/mol. The Kier molecular flexibility index (Phi) is 4.79. The molecular weight excluding hydrogens is 270 g/mol.